The molecule has 0 aromatic carbocycles. The Morgan fingerprint density at radius 1 is 1.25 bits per heavy atom. The quantitative estimate of drug-likeness (QED) is 0.795. The van der Waals surface area contributed by atoms with Gasteiger partial charge >= 0.3 is 0 Å². The summed E-state index contributed by atoms with van der Waals surface area (Å²) >= 11 is 0. The molecule has 3 nitrogen and oxygen atoms in total. The van der Waals surface area contributed by atoms with E-state index >= 15 is 0 Å². The fourth-order valence-corrected chi connectivity index (χ4v) is 3.10. The van der Waals surface area contributed by atoms with Crippen molar-refractivity contribution in [3.05, 3.63) is 0 Å². The van der Waals surface area contributed by atoms with E-state index in [2.05, 4.69) is 31.0 Å². The Hall–Kier alpha value is -0.570. The predicted molar refractivity (Wildman–Crippen MR) is 64.9 cm³/mol. The number of nitrogens with zero attached hydrogens (tertiary/aromatic N) is 1. The lowest BCUT2D eigenvalue weighted by molar-refractivity contribution is -0.132. The van der Waals surface area contributed by atoms with Gasteiger partial charge in [0.15, 0.2) is 0 Å². The third-order valence-corrected chi connectivity index (χ3v) is 4.27. The van der Waals surface area contributed by atoms with Gasteiger partial charge in [0.2, 0.25) is 5.91 Å². The number of nitrogens with one attached hydrogen (secondary N) is 1. The van der Waals surface area contributed by atoms with E-state index in [0.29, 0.717) is 17.9 Å². The Kier molecular flexibility index (Phi) is 3.53. The predicted octanol–water partition coefficient (Wildman–Crippen LogP) is 1.98. The van der Waals surface area contributed by atoms with Gasteiger partial charge in [-0.3, -0.25) is 10.1 Å². The average Bonchev–Trinajstić information content (AvgIpc) is 2.84. The summed E-state index contributed by atoms with van der Waals surface area (Å²) in [5.41, 5.74) is 0. The summed E-state index contributed by atoms with van der Waals surface area (Å²) in [6, 6.07) is 0.468. The molecule has 0 bridgehead atoms. The fourth-order valence-electron chi connectivity index (χ4n) is 3.10. The van der Waals surface area contributed by atoms with Crippen LogP contribution in [-0.4, -0.2) is 29.6 Å². The molecule has 92 valence electrons. The molecule has 0 radical (unpaired) electrons. The van der Waals surface area contributed by atoms with Crippen LogP contribution < -0.4 is 5.32 Å². The van der Waals surface area contributed by atoms with Crippen molar-refractivity contribution in [1.29, 1.82) is 0 Å². The summed E-state index contributed by atoms with van der Waals surface area (Å²) < 4.78 is 0. The number of carbonyl (C=O) groups excluding carboxylic acids is 1. The number of carbonyl (C=O) groups is 1. The lowest BCUT2D eigenvalue weighted by Crippen LogP contribution is -2.41. The lowest BCUT2D eigenvalue weighted by Gasteiger charge is -2.29. The highest BCUT2D eigenvalue weighted by atomic mass is 16.2. The molecule has 2 atom stereocenters. The van der Waals surface area contributed by atoms with Crippen LogP contribution in [0.5, 0.6) is 0 Å². The van der Waals surface area contributed by atoms with E-state index < -0.39 is 0 Å². The molecule has 2 unspecified atom stereocenters. The molecule has 1 aliphatic heterocycles. The second-order valence-corrected chi connectivity index (χ2v) is 5.68. The first kappa shape index (κ1) is 11.9. The number of hydrogen-bond acceptors (Lipinski definition) is 2. The van der Waals surface area contributed by atoms with Gasteiger partial charge in [-0.15, -0.1) is 0 Å². The molecule has 2 fully saturated rings. The Bertz CT molecular complexity index is 259. The van der Waals surface area contributed by atoms with Crippen LogP contribution in [0, 0.1) is 11.8 Å². The smallest absolute Gasteiger partial charge is 0.241 e. The van der Waals surface area contributed by atoms with Gasteiger partial charge in [0.05, 0.1) is 12.7 Å². The maximum atomic E-state index is 12.2. The normalized spacial score (nSPS) is 29.4. The molecule has 0 spiro atoms. The molecular weight excluding hydrogens is 200 g/mol. The Labute approximate surface area is 98.6 Å². The van der Waals surface area contributed by atoms with Crippen LogP contribution in [0.2, 0.25) is 0 Å². The standard InChI is InChI=1S/C13H24N2O/c1-9(2)12-13(16)15(8-14-12)10(3)11-6-4-5-7-11/h9-12,14H,4-8H2,1-3H3. The zero-order valence-electron chi connectivity index (χ0n) is 10.7. The highest BCUT2D eigenvalue weighted by Gasteiger charge is 2.38. The zero-order valence-corrected chi connectivity index (χ0v) is 10.7. The number of amides is 1. The van der Waals surface area contributed by atoms with Crippen LogP contribution in [0.4, 0.5) is 0 Å². The van der Waals surface area contributed by atoms with Crippen molar-refractivity contribution < 1.29 is 4.79 Å². The summed E-state index contributed by atoms with van der Waals surface area (Å²) in [7, 11) is 0. The molecule has 1 heterocycles. The van der Waals surface area contributed by atoms with Crippen LogP contribution in [0.25, 0.3) is 0 Å². The van der Waals surface area contributed by atoms with Crippen LogP contribution in [-0.2, 0) is 4.79 Å². The van der Waals surface area contributed by atoms with Crippen molar-refractivity contribution in [1.82, 2.24) is 10.2 Å². The topological polar surface area (TPSA) is 32.3 Å². The Morgan fingerprint density at radius 2 is 1.88 bits per heavy atom. The minimum atomic E-state index is 0.0452. The van der Waals surface area contributed by atoms with Crippen molar-refractivity contribution in [3.8, 4) is 0 Å². The van der Waals surface area contributed by atoms with E-state index in [1.165, 1.54) is 25.7 Å². The maximum Gasteiger partial charge on any atom is 0.241 e. The van der Waals surface area contributed by atoms with E-state index in [0.717, 1.165) is 12.6 Å². The van der Waals surface area contributed by atoms with Crippen LogP contribution in [0.3, 0.4) is 0 Å². The second-order valence-electron chi connectivity index (χ2n) is 5.68. The molecule has 2 aliphatic rings. The van der Waals surface area contributed by atoms with Gasteiger partial charge in [-0.05, 0) is 31.6 Å². The number of rotatable bonds is 3. The van der Waals surface area contributed by atoms with E-state index in [1.54, 1.807) is 0 Å². The zero-order chi connectivity index (χ0) is 11.7. The SMILES string of the molecule is CC(C)C1NCN(C(C)C2CCCC2)C1=O. The second kappa shape index (κ2) is 4.74. The van der Waals surface area contributed by atoms with Gasteiger partial charge in [-0.1, -0.05) is 26.7 Å². The molecule has 1 N–H and O–H groups in total. The van der Waals surface area contributed by atoms with E-state index in [-0.39, 0.29) is 6.04 Å². The Balaban J connectivity index is 1.97. The highest BCUT2D eigenvalue weighted by molar-refractivity contribution is 5.84. The average molecular weight is 224 g/mol. The first-order chi connectivity index (χ1) is 7.61. The summed E-state index contributed by atoms with van der Waals surface area (Å²) in [6.45, 7) is 7.19. The van der Waals surface area contributed by atoms with Gasteiger partial charge in [0.25, 0.3) is 0 Å². The van der Waals surface area contributed by atoms with Crippen LogP contribution in [0.1, 0.15) is 46.5 Å². The van der Waals surface area contributed by atoms with Crippen molar-refractivity contribution in [3.63, 3.8) is 0 Å². The fraction of sp³-hybridized carbons (Fsp3) is 0.923. The summed E-state index contributed by atoms with van der Waals surface area (Å²) in [5, 5.41) is 3.34. The highest BCUT2D eigenvalue weighted by Crippen LogP contribution is 2.31. The van der Waals surface area contributed by atoms with Gasteiger partial charge in [0.1, 0.15) is 0 Å². The van der Waals surface area contributed by atoms with Crippen molar-refractivity contribution in [2.45, 2.75) is 58.5 Å². The molecule has 1 amide bonds. The largest absolute Gasteiger partial charge is 0.326 e. The van der Waals surface area contributed by atoms with Gasteiger partial charge < -0.3 is 4.90 Å². The van der Waals surface area contributed by atoms with E-state index in [4.69, 9.17) is 0 Å². The van der Waals surface area contributed by atoms with E-state index in [1.807, 2.05) is 0 Å². The lowest BCUT2D eigenvalue weighted by atomic mass is 9.97. The molecule has 0 aromatic rings. The molecule has 0 aromatic heterocycles. The van der Waals surface area contributed by atoms with Gasteiger partial charge in [0, 0.05) is 6.04 Å². The maximum absolute atomic E-state index is 12.2. The van der Waals surface area contributed by atoms with Gasteiger partial charge in [-0.25, -0.2) is 0 Å². The molecule has 1 saturated heterocycles. The summed E-state index contributed by atoms with van der Waals surface area (Å²) in [4.78, 5) is 14.3. The first-order valence-electron chi connectivity index (χ1n) is 6.65. The molecule has 1 saturated carbocycles. The van der Waals surface area contributed by atoms with Crippen molar-refractivity contribution in [2.75, 3.05) is 6.67 Å². The first-order valence-corrected chi connectivity index (χ1v) is 6.65. The monoisotopic (exact) mass is 224 g/mol. The molecule has 3 heteroatoms. The third-order valence-electron chi connectivity index (χ3n) is 4.27. The molecule has 2 rings (SSSR count). The van der Waals surface area contributed by atoms with Crippen molar-refractivity contribution >= 4 is 5.91 Å². The third kappa shape index (κ3) is 2.10. The molecule has 1 aliphatic carbocycles. The number of hydrogen-bond donors (Lipinski definition) is 1. The van der Waals surface area contributed by atoms with Gasteiger partial charge in [-0.2, -0.15) is 0 Å². The van der Waals surface area contributed by atoms with E-state index in [9.17, 15) is 4.79 Å². The Morgan fingerprint density at radius 3 is 2.38 bits per heavy atom. The summed E-state index contributed by atoms with van der Waals surface area (Å²) in [6.07, 6.45) is 5.30. The summed E-state index contributed by atoms with van der Waals surface area (Å²) in [5.74, 6) is 1.44. The van der Waals surface area contributed by atoms with Crippen LogP contribution >= 0.6 is 0 Å². The molecule has 16 heavy (non-hydrogen) atoms. The minimum Gasteiger partial charge on any atom is -0.326 e. The minimum absolute atomic E-state index is 0.0452. The van der Waals surface area contributed by atoms with Crippen molar-refractivity contribution in [2.24, 2.45) is 11.8 Å². The molecular formula is C13H24N2O. The van der Waals surface area contributed by atoms with Crippen LogP contribution in [0.15, 0.2) is 0 Å².